The van der Waals surface area contributed by atoms with Crippen molar-refractivity contribution in [3.05, 3.63) is 11.8 Å². The van der Waals surface area contributed by atoms with Gasteiger partial charge < -0.3 is 13.9 Å². The zero-order valence-electron chi connectivity index (χ0n) is 11.4. The first-order valence-electron chi connectivity index (χ1n) is 5.89. The number of carbonyl (C=O) groups is 1. The second-order valence-corrected chi connectivity index (χ2v) is 5.62. The van der Waals surface area contributed by atoms with E-state index in [-0.39, 0.29) is 42.0 Å². The van der Waals surface area contributed by atoms with E-state index < -0.39 is 22.5 Å². The molecule has 2 atom stereocenters. The third-order valence-corrected chi connectivity index (χ3v) is 3.72. The Labute approximate surface area is 142 Å². The molecule has 2 amide bonds. The largest absolute Gasteiger partial charge is 1.00 e. The first-order chi connectivity index (χ1) is 9.35. The SMILES string of the molecule is Cc1nnc([C@@H]2CCN3C[C@@H]2N(OS(=O)(=O)[O-])C3=O)o1.[Na+]. The molecule has 3 heterocycles. The zero-order chi connectivity index (χ0) is 14.5. The summed E-state index contributed by atoms with van der Waals surface area (Å²) in [6.45, 7) is 2.28. The van der Waals surface area contributed by atoms with Crippen molar-refractivity contribution in [1.82, 2.24) is 20.2 Å². The molecule has 21 heavy (non-hydrogen) atoms. The van der Waals surface area contributed by atoms with Gasteiger partial charge in [0.15, 0.2) is 0 Å². The molecular weight excluding hydrogens is 315 g/mol. The Morgan fingerprint density at radius 3 is 2.71 bits per heavy atom. The van der Waals surface area contributed by atoms with Crippen LogP contribution in [-0.4, -0.2) is 58.3 Å². The van der Waals surface area contributed by atoms with Gasteiger partial charge in [-0.3, -0.25) is 0 Å². The number of nitrogens with zero attached hydrogens (tertiary/aromatic N) is 4. The van der Waals surface area contributed by atoms with Gasteiger partial charge in [-0.1, -0.05) is 0 Å². The summed E-state index contributed by atoms with van der Waals surface area (Å²) in [6.07, 6.45) is 0.525. The normalized spacial score (nSPS) is 25.1. The summed E-state index contributed by atoms with van der Waals surface area (Å²) >= 11 is 0. The third-order valence-electron chi connectivity index (χ3n) is 3.37. The van der Waals surface area contributed by atoms with Gasteiger partial charge in [-0.25, -0.2) is 13.2 Å². The average molecular weight is 326 g/mol. The van der Waals surface area contributed by atoms with Crippen molar-refractivity contribution in [3.63, 3.8) is 0 Å². The Morgan fingerprint density at radius 2 is 2.14 bits per heavy atom. The quantitative estimate of drug-likeness (QED) is 0.316. The molecule has 12 heteroatoms. The Bertz CT molecular complexity index is 648. The molecule has 2 bridgehead atoms. The fourth-order valence-corrected chi connectivity index (χ4v) is 2.93. The van der Waals surface area contributed by atoms with Crippen LogP contribution < -0.4 is 29.6 Å². The number of urea groups is 1. The summed E-state index contributed by atoms with van der Waals surface area (Å²) in [5, 5.41) is 8.19. The van der Waals surface area contributed by atoms with Gasteiger partial charge in [0.1, 0.15) is 0 Å². The Balaban J connectivity index is 0.00000161. The van der Waals surface area contributed by atoms with Crippen LogP contribution in [0.1, 0.15) is 24.1 Å². The molecule has 2 aliphatic heterocycles. The molecule has 0 spiro atoms. The molecule has 0 radical (unpaired) electrons. The molecule has 2 fully saturated rings. The monoisotopic (exact) mass is 326 g/mol. The predicted octanol–water partition coefficient (Wildman–Crippen LogP) is -3.63. The molecule has 0 aliphatic carbocycles. The van der Waals surface area contributed by atoms with E-state index in [9.17, 15) is 17.8 Å². The summed E-state index contributed by atoms with van der Waals surface area (Å²) in [6, 6.07) is -1.28. The Morgan fingerprint density at radius 1 is 1.43 bits per heavy atom. The number of piperidine rings is 1. The molecule has 2 saturated heterocycles. The van der Waals surface area contributed by atoms with Gasteiger partial charge in [0, 0.05) is 20.0 Å². The molecule has 1 aromatic heterocycles. The van der Waals surface area contributed by atoms with E-state index in [1.165, 1.54) is 4.90 Å². The maximum atomic E-state index is 11.9. The van der Waals surface area contributed by atoms with Crippen LogP contribution in [0.15, 0.2) is 4.42 Å². The second-order valence-electron chi connectivity index (χ2n) is 4.66. The van der Waals surface area contributed by atoms with Crippen LogP contribution in [0.3, 0.4) is 0 Å². The van der Waals surface area contributed by atoms with Crippen LogP contribution >= 0.6 is 0 Å². The van der Waals surface area contributed by atoms with E-state index in [2.05, 4.69) is 14.5 Å². The standard InChI is InChI=1S/C9H12N4O6S.Na/c1-5-10-11-8(18-5)6-2-3-12-4-7(6)13(9(12)14)19-20(15,16)17;/h6-7H,2-4H2,1H3,(H,15,16,17);/q;+1/p-1/t6-,7+;/m1./s1. The first-order valence-corrected chi connectivity index (χ1v) is 7.22. The molecule has 10 nitrogen and oxygen atoms in total. The summed E-state index contributed by atoms with van der Waals surface area (Å²) in [7, 11) is -5.02. The number of rotatable bonds is 3. The second kappa shape index (κ2) is 5.82. The van der Waals surface area contributed by atoms with Gasteiger partial charge in [-0.05, 0) is 6.42 Å². The Hall–Kier alpha value is -0.720. The van der Waals surface area contributed by atoms with E-state index in [1.807, 2.05) is 0 Å². The summed E-state index contributed by atoms with van der Waals surface area (Å²) < 4.78 is 41.8. The number of fused-ring (bicyclic) bond motifs is 2. The van der Waals surface area contributed by atoms with Crippen molar-refractivity contribution in [2.24, 2.45) is 0 Å². The van der Waals surface area contributed by atoms with Crippen LogP contribution in [0.2, 0.25) is 0 Å². The topological polar surface area (TPSA) is 129 Å². The minimum atomic E-state index is -5.02. The van der Waals surface area contributed by atoms with E-state index in [0.29, 0.717) is 29.8 Å². The van der Waals surface area contributed by atoms with Gasteiger partial charge in [0.05, 0.1) is 12.0 Å². The number of carbonyl (C=O) groups excluding carboxylic acids is 1. The van der Waals surface area contributed by atoms with E-state index in [0.717, 1.165) is 0 Å². The molecule has 0 unspecified atom stereocenters. The number of hydrogen-bond donors (Lipinski definition) is 0. The summed E-state index contributed by atoms with van der Waals surface area (Å²) in [5.74, 6) is 0.315. The van der Waals surface area contributed by atoms with Crippen LogP contribution in [0.25, 0.3) is 0 Å². The Kier molecular flexibility index (Phi) is 4.61. The minimum absolute atomic E-state index is 0. The van der Waals surface area contributed by atoms with Crippen molar-refractivity contribution < 1.29 is 56.0 Å². The predicted molar refractivity (Wildman–Crippen MR) is 59.8 cm³/mol. The third kappa shape index (κ3) is 3.22. The maximum Gasteiger partial charge on any atom is 1.00 e. The van der Waals surface area contributed by atoms with Crippen LogP contribution in [0, 0.1) is 6.92 Å². The molecule has 110 valence electrons. The van der Waals surface area contributed by atoms with Crippen LogP contribution in [0.4, 0.5) is 4.79 Å². The average Bonchev–Trinajstić information content (AvgIpc) is 2.88. The van der Waals surface area contributed by atoms with Crippen LogP contribution in [-0.2, 0) is 14.7 Å². The van der Waals surface area contributed by atoms with Gasteiger partial charge in [-0.15, -0.1) is 10.2 Å². The van der Waals surface area contributed by atoms with E-state index >= 15 is 0 Å². The first kappa shape index (κ1) is 16.6. The van der Waals surface area contributed by atoms with Gasteiger partial charge >= 0.3 is 35.6 Å². The zero-order valence-corrected chi connectivity index (χ0v) is 14.2. The molecule has 1 aromatic rings. The molecule has 0 saturated carbocycles. The molecule has 0 N–H and O–H groups in total. The fourth-order valence-electron chi connectivity index (χ4n) is 2.56. The van der Waals surface area contributed by atoms with E-state index in [4.69, 9.17) is 4.42 Å². The molecule has 2 aliphatic rings. The number of hydroxylamine groups is 2. The van der Waals surface area contributed by atoms with Crippen molar-refractivity contribution in [3.8, 4) is 0 Å². The van der Waals surface area contributed by atoms with Crippen molar-refractivity contribution >= 4 is 16.4 Å². The molecule has 0 aromatic carbocycles. The number of aromatic nitrogens is 2. The number of amides is 2. The minimum Gasteiger partial charge on any atom is -0.724 e. The molecule has 3 rings (SSSR count). The van der Waals surface area contributed by atoms with Crippen molar-refractivity contribution in [1.29, 1.82) is 0 Å². The smallest absolute Gasteiger partial charge is 0.724 e. The maximum absolute atomic E-state index is 11.9. The van der Waals surface area contributed by atoms with Crippen molar-refractivity contribution in [2.45, 2.75) is 25.3 Å². The van der Waals surface area contributed by atoms with Crippen LogP contribution in [0.5, 0.6) is 0 Å². The fraction of sp³-hybridized carbons (Fsp3) is 0.667. The van der Waals surface area contributed by atoms with E-state index in [1.54, 1.807) is 6.92 Å². The van der Waals surface area contributed by atoms with Gasteiger partial charge in [-0.2, -0.15) is 9.35 Å². The summed E-state index contributed by atoms with van der Waals surface area (Å²) in [4.78, 5) is 13.3. The summed E-state index contributed by atoms with van der Waals surface area (Å²) in [5.41, 5.74) is 0. The van der Waals surface area contributed by atoms with Gasteiger partial charge in [0.25, 0.3) is 0 Å². The van der Waals surface area contributed by atoms with Crippen molar-refractivity contribution in [2.75, 3.05) is 13.1 Å². The molecular formula is C9H11N4NaO6S. The van der Waals surface area contributed by atoms with Gasteiger partial charge in [0.2, 0.25) is 22.2 Å². The number of aryl methyl sites for hydroxylation is 1. The number of hydrogen-bond acceptors (Lipinski definition) is 8.